The Morgan fingerprint density at radius 2 is 2.04 bits per heavy atom. The van der Waals surface area contributed by atoms with E-state index in [1.165, 1.54) is 5.56 Å². The van der Waals surface area contributed by atoms with Crippen LogP contribution in [-0.2, 0) is 22.4 Å². The van der Waals surface area contributed by atoms with Gasteiger partial charge in [-0.15, -0.1) is 0 Å². The number of carbonyl (C=O) groups is 1. The molecule has 0 aliphatic heterocycles. The third kappa shape index (κ3) is 5.81. The van der Waals surface area contributed by atoms with Gasteiger partial charge in [-0.25, -0.2) is 4.98 Å². The number of ether oxygens (including phenoxy) is 1. The molecular formula is C19H26N2O3. The third-order valence-electron chi connectivity index (χ3n) is 3.63. The van der Waals surface area contributed by atoms with E-state index in [4.69, 9.17) is 9.15 Å². The van der Waals surface area contributed by atoms with Gasteiger partial charge in [0.05, 0.1) is 12.8 Å². The molecule has 0 aliphatic rings. The number of rotatable bonds is 9. The van der Waals surface area contributed by atoms with Crippen molar-refractivity contribution in [1.82, 2.24) is 10.3 Å². The molecule has 1 amide bonds. The second kappa shape index (κ2) is 9.23. The predicted octanol–water partition coefficient (Wildman–Crippen LogP) is 3.24. The van der Waals surface area contributed by atoms with Crippen molar-refractivity contribution >= 4 is 5.91 Å². The highest BCUT2D eigenvalue weighted by Crippen LogP contribution is 2.22. The Kier molecular flexibility index (Phi) is 7.00. The van der Waals surface area contributed by atoms with Crippen molar-refractivity contribution in [2.45, 2.75) is 33.1 Å². The number of nitrogens with one attached hydrogen (secondary N) is 1. The second-order valence-electron chi connectivity index (χ2n) is 6.26. The van der Waals surface area contributed by atoms with E-state index in [0.717, 1.165) is 17.7 Å². The number of oxazole rings is 1. The van der Waals surface area contributed by atoms with Crippen LogP contribution in [0.15, 0.2) is 34.9 Å². The highest BCUT2D eigenvalue weighted by atomic mass is 16.5. The molecule has 0 spiro atoms. The van der Waals surface area contributed by atoms with E-state index in [-0.39, 0.29) is 5.91 Å². The highest BCUT2D eigenvalue weighted by molar-refractivity contribution is 5.76. The lowest BCUT2D eigenvalue weighted by Crippen LogP contribution is -2.27. The summed E-state index contributed by atoms with van der Waals surface area (Å²) in [5.74, 6) is 1.94. The molecule has 0 bridgehead atoms. The SMILES string of the molecule is COCCNC(=O)CCc1ncc(-c2ccc(CC(C)C)cc2)o1. The number of aryl methyl sites for hydroxylation is 1. The summed E-state index contributed by atoms with van der Waals surface area (Å²) in [5, 5.41) is 2.78. The van der Waals surface area contributed by atoms with E-state index >= 15 is 0 Å². The first-order valence-corrected chi connectivity index (χ1v) is 8.38. The van der Waals surface area contributed by atoms with Gasteiger partial charge in [-0.3, -0.25) is 4.79 Å². The minimum Gasteiger partial charge on any atom is -0.441 e. The average molecular weight is 330 g/mol. The quantitative estimate of drug-likeness (QED) is 0.717. The standard InChI is InChI=1S/C19H26N2O3/c1-14(2)12-15-4-6-16(7-5-15)17-13-21-19(24-17)9-8-18(22)20-10-11-23-3/h4-7,13-14H,8-12H2,1-3H3,(H,20,22). The zero-order chi connectivity index (χ0) is 17.4. The molecule has 1 aromatic carbocycles. The molecule has 130 valence electrons. The fourth-order valence-corrected chi connectivity index (χ4v) is 2.44. The molecule has 2 rings (SSSR count). The van der Waals surface area contributed by atoms with Crippen LogP contribution in [0, 0.1) is 5.92 Å². The number of aromatic nitrogens is 1. The lowest BCUT2D eigenvalue weighted by Gasteiger charge is -2.05. The summed E-state index contributed by atoms with van der Waals surface area (Å²) in [4.78, 5) is 15.9. The van der Waals surface area contributed by atoms with Gasteiger partial charge in [0.15, 0.2) is 11.7 Å². The molecule has 5 heteroatoms. The summed E-state index contributed by atoms with van der Waals surface area (Å²) >= 11 is 0. The van der Waals surface area contributed by atoms with Crippen LogP contribution in [0.25, 0.3) is 11.3 Å². The number of nitrogens with zero attached hydrogens (tertiary/aromatic N) is 1. The molecule has 0 atom stereocenters. The summed E-state index contributed by atoms with van der Waals surface area (Å²) < 4.78 is 10.6. The molecule has 2 aromatic rings. The predicted molar refractivity (Wildman–Crippen MR) is 93.7 cm³/mol. The zero-order valence-corrected chi connectivity index (χ0v) is 14.7. The van der Waals surface area contributed by atoms with Crippen LogP contribution in [0.2, 0.25) is 0 Å². The van der Waals surface area contributed by atoms with Crippen LogP contribution in [0.5, 0.6) is 0 Å². The molecule has 1 aromatic heterocycles. The Morgan fingerprint density at radius 3 is 2.71 bits per heavy atom. The van der Waals surface area contributed by atoms with Crippen molar-refractivity contribution in [2.75, 3.05) is 20.3 Å². The average Bonchev–Trinajstić information content (AvgIpc) is 3.02. The Morgan fingerprint density at radius 1 is 1.29 bits per heavy atom. The second-order valence-corrected chi connectivity index (χ2v) is 6.26. The molecular weight excluding hydrogens is 304 g/mol. The largest absolute Gasteiger partial charge is 0.441 e. The van der Waals surface area contributed by atoms with Crippen molar-refractivity contribution in [1.29, 1.82) is 0 Å². The maximum atomic E-state index is 11.7. The summed E-state index contributed by atoms with van der Waals surface area (Å²) in [6.07, 6.45) is 3.64. The topological polar surface area (TPSA) is 64.4 Å². The Balaban J connectivity index is 1.87. The van der Waals surface area contributed by atoms with Crippen LogP contribution in [0.1, 0.15) is 31.7 Å². The number of benzene rings is 1. The van der Waals surface area contributed by atoms with Gasteiger partial charge in [0.25, 0.3) is 0 Å². The van der Waals surface area contributed by atoms with E-state index in [9.17, 15) is 4.79 Å². The summed E-state index contributed by atoms with van der Waals surface area (Å²) in [6, 6.07) is 8.36. The molecule has 0 aliphatic carbocycles. The maximum absolute atomic E-state index is 11.7. The maximum Gasteiger partial charge on any atom is 0.220 e. The number of amides is 1. The van der Waals surface area contributed by atoms with E-state index in [0.29, 0.717) is 37.8 Å². The number of hydrogen-bond acceptors (Lipinski definition) is 4. The zero-order valence-electron chi connectivity index (χ0n) is 14.7. The summed E-state index contributed by atoms with van der Waals surface area (Å²) in [7, 11) is 1.61. The van der Waals surface area contributed by atoms with Gasteiger partial charge in [-0.1, -0.05) is 38.1 Å². The van der Waals surface area contributed by atoms with Crippen molar-refractivity contribution in [3.05, 3.63) is 41.9 Å². The fraction of sp³-hybridized carbons (Fsp3) is 0.474. The first-order chi connectivity index (χ1) is 11.6. The molecule has 0 fully saturated rings. The molecule has 24 heavy (non-hydrogen) atoms. The van der Waals surface area contributed by atoms with Crippen LogP contribution in [0.3, 0.4) is 0 Å². The first kappa shape index (κ1) is 18.2. The van der Waals surface area contributed by atoms with Gasteiger partial charge in [-0.05, 0) is 17.9 Å². The fourth-order valence-electron chi connectivity index (χ4n) is 2.44. The smallest absolute Gasteiger partial charge is 0.220 e. The lowest BCUT2D eigenvalue weighted by molar-refractivity contribution is -0.121. The van der Waals surface area contributed by atoms with Crippen molar-refractivity contribution in [2.24, 2.45) is 5.92 Å². The highest BCUT2D eigenvalue weighted by Gasteiger charge is 2.09. The van der Waals surface area contributed by atoms with Crippen LogP contribution >= 0.6 is 0 Å². The molecule has 1 heterocycles. The number of carbonyl (C=O) groups excluding carboxylic acids is 1. The van der Waals surface area contributed by atoms with Gasteiger partial charge < -0.3 is 14.5 Å². The molecule has 0 saturated heterocycles. The van der Waals surface area contributed by atoms with E-state index in [1.54, 1.807) is 13.3 Å². The number of hydrogen-bond donors (Lipinski definition) is 1. The van der Waals surface area contributed by atoms with Gasteiger partial charge in [0.2, 0.25) is 5.91 Å². The monoisotopic (exact) mass is 330 g/mol. The molecule has 0 unspecified atom stereocenters. The molecule has 5 nitrogen and oxygen atoms in total. The Bertz CT molecular complexity index is 632. The van der Waals surface area contributed by atoms with Gasteiger partial charge >= 0.3 is 0 Å². The number of methoxy groups -OCH3 is 1. The van der Waals surface area contributed by atoms with Crippen molar-refractivity contribution < 1.29 is 13.9 Å². The van der Waals surface area contributed by atoms with Crippen molar-refractivity contribution in [3.8, 4) is 11.3 Å². The normalized spacial score (nSPS) is 11.0. The van der Waals surface area contributed by atoms with Crippen LogP contribution < -0.4 is 5.32 Å². The van der Waals surface area contributed by atoms with E-state index in [2.05, 4.69) is 48.4 Å². The third-order valence-corrected chi connectivity index (χ3v) is 3.63. The van der Waals surface area contributed by atoms with Crippen LogP contribution in [-0.4, -0.2) is 31.2 Å². The van der Waals surface area contributed by atoms with Gasteiger partial charge in [0, 0.05) is 32.1 Å². The molecule has 0 radical (unpaired) electrons. The Hall–Kier alpha value is -2.14. The summed E-state index contributed by atoms with van der Waals surface area (Å²) in [6.45, 7) is 5.46. The minimum absolute atomic E-state index is 0.0233. The first-order valence-electron chi connectivity index (χ1n) is 8.38. The summed E-state index contributed by atoms with van der Waals surface area (Å²) in [5.41, 5.74) is 2.33. The van der Waals surface area contributed by atoms with Crippen molar-refractivity contribution in [3.63, 3.8) is 0 Å². The minimum atomic E-state index is -0.0233. The van der Waals surface area contributed by atoms with Gasteiger partial charge in [0.1, 0.15) is 0 Å². The van der Waals surface area contributed by atoms with E-state index < -0.39 is 0 Å². The Labute approximate surface area is 143 Å². The van der Waals surface area contributed by atoms with E-state index in [1.807, 2.05) is 0 Å². The lowest BCUT2D eigenvalue weighted by atomic mass is 10.0. The molecule has 1 N–H and O–H groups in total. The van der Waals surface area contributed by atoms with Gasteiger partial charge in [-0.2, -0.15) is 0 Å². The molecule has 0 saturated carbocycles. The van der Waals surface area contributed by atoms with Crippen LogP contribution in [0.4, 0.5) is 0 Å².